The minimum atomic E-state index is -0.619. The molecule has 1 atom stereocenters. The molecule has 2 aromatic carbocycles. The summed E-state index contributed by atoms with van der Waals surface area (Å²) in [6.07, 6.45) is 1.50. The summed E-state index contributed by atoms with van der Waals surface area (Å²) in [4.78, 5) is 42.7. The van der Waals surface area contributed by atoms with E-state index in [-0.39, 0.29) is 28.6 Å². The number of aromatic nitrogens is 2. The highest BCUT2D eigenvalue weighted by atomic mass is 32.2. The second kappa shape index (κ2) is 9.41. The molecule has 0 amide bonds. The lowest BCUT2D eigenvalue weighted by atomic mass is 10.1. The van der Waals surface area contributed by atoms with Gasteiger partial charge in [-0.15, -0.1) is 0 Å². The number of halogens is 1. The summed E-state index contributed by atoms with van der Waals surface area (Å²) in [6.45, 7) is 1.81. The first-order chi connectivity index (χ1) is 15.9. The zero-order valence-electron chi connectivity index (χ0n) is 17.8. The van der Waals surface area contributed by atoms with Gasteiger partial charge in [-0.2, -0.15) is 0 Å². The molecule has 0 bridgehead atoms. The van der Waals surface area contributed by atoms with E-state index in [4.69, 9.17) is 9.15 Å². The Labute approximate surface area is 192 Å². The van der Waals surface area contributed by atoms with Crippen LogP contribution in [0.1, 0.15) is 33.4 Å². The second-order valence-electron chi connectivity index (χ2n) is 7.22. The topological polar surface area (TPSA) is 91.4 Å². The van der Waals surface area contributed by atoms with E-state index < -0.39 is 17.0 Å². The van der Waals surface area contributed by atoms with E-state index in [1.54, 1.807) is 19.1 Å². The molecule has 2 heterocycles. The lowest BCUT2D eigenvalue weighted by Gasteiger charge is -2.15. The molecule has 0 spiro atoms. The summed E-state index contributed by atoms with van der Waals surface area (Å²) in [6, 6.07) is 13.2. The first-order valence-electron chi connectivity index (χ1n) is 9.99. The minimum absolute atomic E-state index is 0.118. The molecule has 1 unspecified atom stereocenters. The molecule has 4 aromatic rings. The summed E-state index contributed by atoms with van der Waals surface area (Å²) < 4.78 is 24.8. The van der Waals surface area contributed by atoms with Gasteiger partial charge in [-0.3, -0.25) is 14.2 Å². The minimum Gasteiger partial charge on any atom is -0.467 e. The van der Waals surface area contributed by atoms with Crippen LogP contribution in [0.3, 0.4) is 0 Å². The molecule has 7 nitrogen and oxygen atoms in total. The standard InChI is InChI=1S/C24H19FN2O5S/c1-14(21(28)15-5-8-17(25)9-6-15)33-24-26-20-12-16(23(30)31-2)7-10-19(20)22(29)27(24)13-18-4-3-11-32-18/h3-12,14H,13H2,1-2H3. The van der Waals surface area contributed by atoms with Gasteiger partial charge >= 0.3 is 5.97 Å². The molecule has 0 saturated heterocycles. The van der Waals surface area contributed by atoms with Crippen molar-refractivity contribution in [2.24, 2.45) is 0 Å². The number of thioether (sulfide) groups is 1. The number of Topliss-reactive ketones (excluding diaryl/α,β-unsaturated/α-hetero) is 1. The quantitative estimate of drug-likeness (QED) is 0.173. The molecule has 4 rings (SSSR count). The van der Waals surface area contributed by atoms with Crippen molar-refractivity contribution in [3.8, 4) is 0 Å². The van der Waals surface area contributed by atoms with Crippen LogP contribution in [0, 0.1) is 5.82 Å². The molecule has 33 heavy (non-hydrogen) atoms. The Bertz CT molecular complexity index is 1380. The van der Waals surface area contributed by atoms with Gasteiger partial charge in [-0.05, 0) is 61.5 Å². The van der Waals surface area contributed by atoms with Crippen molar-refractivity contribution >= 4 is 34.4 Å². The predicted octanol–water partition coefficient (Wildman–Crippen LogP) is 4.33. The van der Waals surface area contributed by atoms with Crippen LogP contribution in [-0.4, -0.2) is 33.7 Å². The molecule has 0 radical (unpaired) electrons. The van der Waals surface area contributed by atoms with Crippen LogP contribution in [0.4, 0.5) is 4.39 Å². The Balaban J connectivity index is 1.77. The highest BCUT2D eigenvalue weighted by molar-refractivity contribution is 8.00. The van der Waals surface area contributed by atoms with Gasteiger partial charge in [0, 0.05) is 5.56 Å². The maximum Gasteiger partial charge on any atom is 0.337 e. The molecule has 0 fully saturated rings. The molecule has 0 aliphatic carbocycles. The molecule has 0 aliphatic heterocycles. The number of rotatable bonds is 7. The number of furan rings is 1. The number of ketones is 1. The fourth-order valence-electron chi connectivity index (χ4n) is 3.29. The fraction of sp³-hybridized carbons (Fsp3) is 0.167. The third-order valence-corrected chi connectivity index (χ3v) is 6.11. The van der Waals surface area contributed by atoms with Crippen molar-refractivity contribution in [1.82, 2.24) is 9.55 Å². The molecule has 0 N–H and O–H groups in total. The number of ether oxygens (including phenoxy) is 1. The molecule has 2 aromatic heterocycles. The number of carbonyl (C=O) groups excluding carboxylic acids is 2. The monoisotopic (exact) mass is 466 g/mol. The lowest BCUT2D eigenvalue weighted by Crippen LogP contribution is -2.25. The van der Waals surface area contributed by atoms with E-state index in [0.717, 1.165) is 11.8 Å². The van der Waals surface area contributed by atoms with Crippen molar-refractivity contribution in [3.63, 3.8) is 0 Å². The van der Waals surface area contributed by atoms with Gasteiger partial charge in [0.2, 0.25) is 0 Å². The normalized spacial score (nSPS) is 12.0. The number of benzene rings is 2. The zero-order valence-corrected chi connectivity index (χ0v) is 18.6. The van der Waals surface area contributed by atoms with E-state index in [0.29, 0.717) is 22.2 Å². The Hall–Kier alpha value is -3.72. The Kier molecular flexibility index (Phi) is 6.41. The SMILES string of the molecule is COC(=O)c1ccc2c(=O)n(Cc3ccco3)c(SC(C)C(=O)c3ccc(F)cc3)nc2c1. The molecular formula is C24H19FN2O5S. The molecule has 0 aliphatic rings. The summed E-state index contributed by atoms with van der Waals surface area (Å²) in [5.41, 5.74) is 0.580. The summed E-state index contributed by atoms with van der Waals surface area (Å²) in [5, 5.41) is -0.0172. The van der Waals surface area contributed by atoms with Crippen molar-refractivity contribution < 1.29 is 23.1 Å². The summed E-state index contributed by atoms with van der Waals surface area (Å²) in [7, 11) is 1.27. The van der Waals surface area contributed by atoms with Crippen LogP contribution in [0.25, 0.3) is 10.9 Å². The highest BCUT2D eigenvalue weighted by Crippen LogP contribution is 2.26. The van der Waals surface area contributed by atoms with E-state index in [2.05, 4.69) is 4.98 Å². The number of hydrogen-bond donors (Lipinski definition) is 0. The second-order valence-corrected chi connectivity index (χ2v) is 8.53. The Morgan fingerprint density at radius 2 is 1.88 bits per heavy atom. The van der Waals surface area contributed by atoms with Crippen LogP contribution in [0.5, 0.6) is 0 Å². The van der Waals surface area contributed by atoms with Crippen LogP contribution >= 0.6 is 11.8 Å². The maximum atomic E-state index is 13.3. The maximum absolute atomic E-state index is 13.3. The first-order valence-corrected chi connectivity index (χ1v) is 10.9. The van der Waals surface area contributed by atoms with Gasteiger partial charge in [-0.25, -0.2) is 14.2 Å². The van der Waals surface area contributed by atoms with Gasteiger partial charge in [-0.1, -0.05) is 11.8 Å². The van der Waals surface area contributed by atoms with Gasteiger partial charge in [0.15, 0.2) is 10.9 Å². The van der Waals surface area contributed by atoms with Gasteiger partial charge in [0.1, 0.15) is 11.6 Å². The average Bonchev–Trinajstić information content (AvgIpc) is 3.34. The smallest absolute Gasteiger partial charge is 0.337 e. The van der Waals surface area contributed by atoms with Crippen LogP contribution < -0.4 is 5.56 Å². The van der Waals surface area contributed by atoms with Gasteiger partial charge in [0.25, 0.3) is 5.56 Å². The van der Waals surface area contributed by atoms with Crippen LogP contribution in [-0.2, 0) is 11.3 Å². The average molecular weight is 466 g/mol. The predicted molar refractivity (Wildman–Crippen MR) is 121 cm³/mol. The van der Waals surface area contributed by atoms with Crippen LogP contribution in [0.2, 0.25) is 0 Å². The zero-order chi connectivity index (χ0) is 23.5. The molecule has 0 saturated carbocycles. The van der Waals surface area contributed by atoms with Crippen molar-refractivity contribution in [1.29, 1.82) is 0 Å². The largest absolute Gasteiger partial charge is 0.467 e. The number of esters is 1. The third kappa shape index (κ3) is 4.73. The fourth-order valence-corrected chi connectivity index (χ4v) is 4.28. The number of carbonyl (C=O) groups is 2. The lowest BCUT2D eigenvalue weighted by molar-refractivity contribution is 0.0600. The van der Waals surface area contributed by atoms with Crippen LogP contribution in [0.15, 0.2) is 75.2 Å². The Morgan fingerprint density at radius 3 is 2.55 bits per heavy atom. The van der Waals surface area contributed by atoms with E-state index >= 15 is 0 Å². The van der Waals surface area contributed by atoms with E-state index in [1.165, 1.54) is 60.4 Å². The molecule has 9 heteroatoms. The van der Waals surface area contributed by atoms with Crippen molar-refractivity contribution in [2.75, 3.05) is 7.11 Å². The van der Waals surface area contributed by atoms with E-state index in [1.807, 2.05) is 0 Å². The number of hydrogen-bond acceptors (Lipinski definition) is 7. The summed E-state index contributed by atoms with van der Waals surface area (Å²) >= 11 is 1.10. The molecular weight excluding hydrogens is 447 g/mol. The van der Waals surface area contributed by atoms with Crippen molar-refractivity contribution in [2.45, 2.75) is 23.9 Å². The number of fused-ring (bicyclic) bond motifs is 1. The Morgan fingerprint density at radius 1 is 1.15 bits per heavy atom. The number of methoxy groups -OCH3 is 1. The molecule has 168 valence electrons. The highest BCUT2D eigenvalue weighted by Gasteiger charge is 2.22. The van der Waals surface area contributed by atoms with Crippen molar-refractivity contribution in [3.05, 3.63) is 93.9 Å². The third-order valence-electron chi connectivity index (χ3n) is 5.02. The van der Waals surface area contributed by atoms with Gasteiger partial charge < -0.3 is 9.15 Å². The number of nitrogens with zero attached hydrogens (tertiary/aromatic N) is 2. The van der Waals surface area contributed by atoms with E-state index in [9.17, 15) is 18.8 Å². The first kappa shape index (κ1) is 22.5. The van der Waals surface area contributed by atoms with Gasteiger partial charge in [0.05, 0.1) is 41.6 Å². The summed E-state index contributed by atoms with van der Waals surface area (Å²) in [5.74, 6) is -0.671.